The number of aliphatic hydroxyl groups excluding tert-OH is 1. The first-order valence-corrected chi connectivity index (χ1v) is 12.1. The van der Waals surface area contributed by atoms with Gasteiger partial charge >= 0.3 is 0 Å². The van der Waals surface area contributed by atoms with Crippen molar-refractivity contribution in [1.82, 2.24) is 9.80 Å². The topological polar surface area (TPSA) is 97.8 Å². The number of amides is 1. The number of Topliss-reactive ketones (excluding diaryl/α,β-unsaturated/α-hetero) is 1. The summed E-state index contributed by atoms with van der Waals surface area (Å²) >= 11 is 0. The van der Waals surface area contributed by atoms with Gasteiger partial charge in [0.15, 0.2) is 11.5 Å². The fourth-order valence-electron chi connectivity index (χ4n) is 4.57. The molecule has 0 unspecified atom stereocenters. The first-order chi connectivity index (χ1) is 18.0. The van der Waals surface area contributed by atoms with Crippen molar-refractivity contribution < 1.29 is 33.6 Å². The summed E-state index contributed by atoms with van der Waals surface area (Å²) < 4.78 is 21.8. The number of rotatable bonds is 10. The highest BCUT2D eigenvalue weighted by Gasteiger charge is 2.46. The molecule has 2 aromatic rings. The zero-order valence-corrected chi connectivity index (χ0v) is 21.1. The fourth-order valence-corrected chi connectivity index (χ4v) is 4.57. The van der Waals surface area contributed by atoms with Crippen LogP contribution in [0.5, 0.6) is 17.2 Å². The second-order valence-corrected chi connectivity index (χ2v) is 8.68. The Bertz CT molecular complexity index is 1170. The Morgan fingerprint density at radius 2 is 1.76 bits per heavy atom. The summed E-state index contributed by atoms with van der Waals surface area (Å²) in [6.45, 7) is 7.64. The van der Waals surface area contributed by atoms with Gasteiger partial charge in [-0.15, -0.1) is 0 Å². The predicted octanol–water partition coefficient (Wildman–Crippen LogP) is 3.02. The Morgan fingerprint density at radius 1 is 1.05 bits per heavy atom. The van der Waals surface area contributed by atoms with Crippen LogP contribution in [0, 0.1) is 0 Å². The summed E-state index contributed by atoms with van der Waals surface area (Å²) in [7, 11) is 3.06. The van der Waals surface area contributed by atoms with E-state index in [1.54, 1.807) is 48.5 Å². The van der Waals surface area contributed by atoms with Crippen LogP contribution in [0.15, 0.2) is 60.7 Å². The maximum Gasteiger partial charge on any atom is 0.295 e. The first kappa shape index (κ1) is 26.2. The highest BCUT2D eigenvalue weighted by atomic mass is 16.5. The molecule has 1 amide bonds. The van der Waals surface area contributed by atoms with E-state index in [2.05, 4.69) is 11.5 Å². The number of ether oxygens (including phenoxy) is 4. The minimum atomic E-state index is -0.794. The Hall–Kier alpha value is -3.82. The summed E-state index contributed by atoms with van der Waals surface area (Å²) in [4.78, 5) is 30.3. The Balaban J connectivity index is 1.74. The summed E-state index contributed by atoms with van der Waals surface area (Å²) in [6.07, 6.45) is 1.63. The van der Waals surface area contributed by atoms with Crippen LogP contribution < -0.4 is 14.2 Å². The van der Waals surface area contributed by atoms with Crippen LogP contribution in [0.3, 0.4) is 0 Å². The summed E-state index contributed by atoms with van der Waals surface area (Å²) in [6, 6.07) is 11.1. The second-order valence-electron chi connectivity index (χ2n) is 8.68. The van der Waals surface area contributed by atoms with Crippen LogP contribution in [0.4, 0.5) is 0 Å². The molecule has 0 radical (unpaired) electrons. The molecule has 0 aromatic heterocycles. The van der Waals surface area contributed by atoms with Gasteiger partial charge in [-0.25, -0.2) is 0 Å². The van der Waals surface area contributed by atoms with Crippen molar-refractivity contribution in [3.8, 4) is 17.2 Å². The van der Waals surface area contributed by atoms with Crippen molar-refractivity contribution in [2.45, 2.75) is 6.04 Å². The largest absolute Gasteiger partial charge is 0.507 e. The molecule has 2 aromatic carbocycles. The lowest BCUT2D eigenvalue weighted by molar-refractivity contribution is -0.140. The number of aliphatic hydroxyl groups is 1. The Morgan fingerprint density at radius 3 is 2.41 bits per heavy atom. The number of benzene rings is 2. The van der Waals surface area contributed by atoms with Gasteiger partial charge in [0, 0.05) is 31.7 Å². The number of ketones is 1. The van der Waals surface area contributed by atoms with E-state index >= 15 is 0 Å². The average molecular weight is 509 g/mol. The molecule has 4 rings (SSSR count). The average Bonchev–Trinajstić information content (AvgIpc) is 3.20. The van der Waals surface area contributed by atoms with E-state index in [-0.39, 0.29) is 11.3 Å². The lowest BCUT2D eigenvalue weighted by Gasteiger charge is -2.31. The van der Waals surface area contributed by atoms with Gasteiger partial charge in [-0.05, 0) is 42.0 Å². The highest BCUT2D eigenvalue weighted by molar-refractivity contribution is 6.46. The zero-order valence-electron chi connectivity index (χ0n) is 21.1. The second kappa shape index (κ2) is 11.9. The summed E-state index contributed by atoms with van der Waals surface area (Å²) in [5.74, 6) is -0.0537. The third-order valence-electron chi connectivity index (χ3n) is 6.52. The van der Waals surface area contributed by atoms with Gasteiger partial charge in [0.05, 0.1) is 39.0 Å². The van der Waals surface area contributed by atoms with Gasteiger partial charge in [-0.2, -0.15) is 0 Å². The van der Waals surface area contributed by atoms with E-state index in [1.165, 1.54) is 19.1 Å². The molecule has 196 valence electrons. The molecule has 37 heavy (non-hydrogen) atoms. The van der Waals surface area contributed by atoms with Gasteiger partial charge in [0.2, 0.25) is 0 Å². The molecule has 2 saturated heterocycles. The summed E-state index contributed by atoms with van der Waals surface area (Å²) in [5.41, 5.74) is 1.06. The van der Waals surface area contributed by atoms with E-state index in [0.717, 1.165) is 13.1 Å². The highest BCUT2D eigenvalue weighted by Crippen LogP contribution is 2.42. The number of carbonyl (C=O) groups is 2. The third-order valence-corrected chi connectivity index (χ3v) is 6.52. The van der Waals surface area contributed by atoms with E-state index in [9.17, 15) is 14.7 Å². The molecule has 9 heteroatoms. The number of nitrogens with zero attached hydrogens (tertiary/aromatic N) is 2. The monoisotopic (exact) mass is 508 g/mol. The number of hydrogen-bond donors (Lipinski definition) is 1. The zero-order chi connectivity index (χ0) is 26.4. The molecule has 1 N–H and O–H groups in total. The van der Waals surface area contributed by atoms with E-state index in [0.29, 0.717) is 61.3 Å². The third kappa shape index (κ3) is 5.63. The maximum atomic E-state index is 13.3. The summed E-state index contributed by atoms with van der Waals surface area (Å²) in [5, 5.41) is 11.3. The van der Waals surface area contributed by atoms with E-state index < -0.39 is 17.7 Å². The molecule has 1 atom stereocenters. The molecule has 0 aliphatic carbocycles. The molecule has 2 aliphatic rings. The lowest BCUT2D eigenvalue weighted by Crippen LogP contribution is -2.42. The van der Waals surface area contributed by atoms with Gasteiger partial charge < -0.3 is 29.0 Å². The van der Waals surface area contributed by atoms with Gasteiger partial charge in [0.1, 0.15) is 18.1 Å². The quantitative estimate of drug-likeness (QED) is 0.226. The van der Waals surface area contributed by atoms with Crippen LogP contribution in [-0.4, -0.2) is 86.8 Å². The molecule has 0 bridgehead atoms. The molecular formula is C28H32N2O7. The van der Waals surface area contributed by atoms with Crippen LogP contribution >= 0.6 is 0 Å². The minimum Gasteiger partial charge on any atom is -0.507 e. The Kier molecular flexibility index (Phi) is 8.47. The molecule has 2 fully saturated rings. The number of hydrogen-bond acceptors (Lipinski definition) is 8. The normalized spacial score (nSPS) is 19.6. The molecule has 2 heterocycles. The molecule has 0 spiro atoms. The number of morpholine rings is 1. The number of likely N-dealkylation sites (tertiary alicyclic amines) is 1. The number of methoxy groups -OCH3 is 2. The van der Waals surface area contributed by atoms with Crippen LogP contribution in [0.1, 0.15) is 17.2 Å². The number of carbonyl (C=O) groups excluding carboxylic acids is 2. The van der Waals surface area contributed by atoms with Crippen LogP contribution in [0.25, 0.3) is 5.76 Å². The standard InChI is InChI=1S/C28H32N2O7/c1-4-15-37-21-8-5-19(6-9-21)26(31)24-25(20-7-10-22(34-2)23(18-20)35-3)30(28(33)27(24)32)12-11-29-13-16-36-17-14-29/h4-10,18,25,31H,1,11-17H2,2-3H3/b26-24+/t25-/m0/s1. The van der Waals surface area contributed by atoms with E-state index in [1.807, 2.05) is 0 Å². The fraction of sp³-hybridized carbons (Fsp3) is 0.357. The minimum absolute atomic E-state index is 0.0268. The van der Waals surface area contributed by atoms with Crippen molar-refractivity contribution in [1.29, 1.82) is 0 Å². The van der Waals surface area contributed by atoms with Crippen molar-refractivity contribution in [3.63, 3.8) is 0 Å². The molecular weight excluding hydrogens is 476 g/mol. The molecule has 9 nitrogen and oxygen atoms in total. The van der Waals surface area contributed by atoms with Gasteiger partial charge in [0.25, 0.3) is 11.7 Å². The van der Waals surface area contributed by atoms with Crippen molar-refractivity contribution in [2.24, 2.45) is 0 Å². The Labute approximate surface area is 216 Å². The predicted molar refractivity (Wildman–Crippen MR) is 138 cm³/mol. The molecule has 2 aliphatic heterocycles. The van der Waals surface area contributed by atoms with E-state index in [4.69, 9.17) is 18.9 Å². The lowest BCUT2D eigenvalue weighted by atomic mass is 9.95. The smallest absolute Gasteiger partial charge is 0.295 e. The molecule has 0 saturated carbocycles. The van der Waals surface area contributed by atoms with Gasteiger partial charge in [-0.1, -0.05) is 18.7 Å². The maximum absolute atomic E-state index is 13.3. The van der Waals surface area contributed by atoms with Gasteiger partial charge in [-0.3, -0.25) is 14.5 Å². The SMILES string of the molecule is C=CCOc1ccc(/C(O)=C2\C(=O)C(=O)N(CCN3CCOCC3)[C@H]2c2ccc(OC)c(OC)c2)cc1. The van der Waals surface area contributed by atoms with Crippen LogP contribution in [-0.2, 0) is 14.3 Å². The van der Waals surface area contributed by atoms with Crippen molar-refractivity contribution in [2.75, 3.05) is 60.2 Å². The van der Waals surface area contributed by atoms with Crippen molar-refractivity contribution >= 4 is 17.4 Å². The van der Waals surface area contributed by atoms with Crippen molar-refractivity contribution in [3.05, 3.63) is 71.8 Å². The first-order valence-electron chi connectivity index (χ1n) is 12.1. The van der Waals surface area contributed by atoms with Crippen LogP contribution in [0.2, 0.25) is 0 Å².